The summed E-state index contributed by atoms with van der Waals surface area (Å²) in [5, 5.41) is 0. The lowest BCUT2D eigenvalue weighted by Crippen LogP contribution is -2.51. The molecular weight excluding hydrogens is 444 g/mol. The molecule has 0 N–H and O–H groups in total. The van der Waals surface area contributed by atoms with Gasteiger partial charge in [-0.2, -0.15) is 4.31 Å². The van der Waals surface area contributed by atoms with Gasteiger partial charge in [-0.3, -0.25) is 4.79 Å². The standard InChI is InChI=1S/C20H19BrN2O4S/c21-17-5-7-18(8-6-17)28(25,26)23-11-9-22(10-12-23)20(24)16-13-15-3-1-2-4-19(15)27-14-16/h1-8,13H,9-12,14H2. The number of carbonyl (C=O) groups excluding carboxylic acids is 1. The molecule has 2 aliphatic rings. The summed E-state index contributed by atoms with van der Waals surface area (Å²) < 4.78 is 33.5. The van der Waals surface area contributed by atoms with Crippen molar-refractivity contribution in [1.82, 2.24) is 9.21 Å². The topological polar surface area (TPSA) is 66.9 Å². The SMILES string of the molecule is O=C(C1=Cc2ccccc2OC1)N1CCN(S(=O)(=O)c2ccc(Br)cc2)CC1. The molecule has 0 saturated carbocycles. The zero-order valence-corrected chi connectivity index (χ0v) is 17.4. The first-order chi connectivity index (χ1) is 13.4. The summed E-state index contributed by atoms with van der Waals surface area (Å²) >= 11 is 3.31. The maximum Gasteiger partial charge on any atom is 0.253 e. The molecule has 2 aliphatic heterocycles. The van der Waals surface area contributed by atoms with Crippen LogP contribution in [0.3, 0.4) is 0 Å². The Kier molecular flexibility index (Phi) is 5.27. The highest BCUT2D eigenvalue weighted by Crippen LogP contribution is 2.27. The Labute approximate surface area is 172 Å². The molecule has 0 radical (unpaired) electrons. The van der Waals surface area contributed by atoms with Gasteiger partial charge in [-0.25, -0.2) is 8.42 Å². The van der Waals surface area contributed by atoms with E-state index in [1.807, 2.05) is 30.3 Å². The molecule has 2 aromatic carbocycles. The quantitative estimate of drug-likeness (QED) is 0.703. The zero-order chi connectivity index (χ0) is 19.7. The molecule has 0 aliphatic carbocycles. The molecule has 0 spiro atoms. The Bertz CT molecular complexity index is 1030. The minimum Gasteiger partial charge on any atom is -0.488 e. The maximum atomic E-state index is 12.8. The van der Waals surface area contributed by atoms with Crippen molar-refractivity contribution >= 4 is 37.9 Å². The van der Waals surface area contributed by atoms with Crippen molar-refractivity contribution in [2.24, 2.45) is 0 Å². The summed E-state index contributed by atoms with van der Waals surface area (Å²) in [6.07, 6.45) is 1.85. The van der Waals surface area contributed by atoms with E-state index < -0.39 is 10.0 Å². The van der Waals surface area contributed by atoms with Crippen molar-refractivity contribution in [3.8, 4) is 5.75 Å². The number of benzene rings is 2. The highest BCUT2D eigenvalue weighted by Gasteiger charge is 2.31. The summed E-state index contributed by atoms with van der Waals surface area (Å²) in [5.74, 6) is 0.666. The molecule has 1 fully saturated rings. The number of carbonyl (C=O) groups is 1. The molecule has 0 atom stereocenters. The minimum atomic E-state index is -3.56. The van der Waals surface area contributed by atoms with Crippen molar-refractivity contribution in [2.75, 3.05) is 32.8 Å². The molecule has 8 heteroatoms. The summed E-state index contributed by atoms with van der Waals surface area (Å²) in [7, 11) is -3.56. The number of fused-ring (bicyclic) bond motifs is 1. The van der Waals surface area contributed by atoms with Crippen molar-refractivity contribution in [2.45, 2.75) is 4.90 Å². The third-order valence-electron chi connectivity index (χ3n) is 4.88. The van der Waals surface area contributed by atoms with Crippen LogP contribution in [0.15, 0.2) is 63.5 Å². The van der Waals surface area contributed by atoms with E-state index in [9.17, 15) is 13.2 Å². The van der Waals surface area contributed by atoms with Gasteiger partial charge in [0.15, 0.2) is 0 Å². The van der Waals surface area contributed by atoms with Crippen LogP contribution >= 0.6 is 15.9 Å². The zero-order valence-electron chi connectivity index (χ0n) is 15.0. The average molecular weight is 463 g/mol. The number of rotatable bonds is 3. The predicted octanol–water partition coefficient (Wildman–Crippen LogP) is 2.76. The van der Waals surface area contributed by atoms with Gasteiger partial charge in [0.05, 0.1) is 10.5 Å². The van der Waals surface area contributed by atoms with Crippen molar-refractivity contribution < 1.29 is 17.9 Å². The van der Waals surface area contributed by atoms with E-state index in [1.165, 1.54) is 4.31 Å². The van der Waals surface area contributed by atoms with E-state index in [0.29, 0.717) is 18.7 Å². The Morgan fingerprint density at radius 2 is 1.64 bits per heavy atom. The van der Waals surface area contributed by atoms with Crippen LogP contribution in [-0.2, 0) is 14.8 Å². The fraction of sp³-hybridized carbons (Fsp3) is 0.250. The highest BCUT2D eigenvalue weighted by molar-refractivity contribution is 9.10. The van der Waals surface area contributed by atoms with Gasteiger partial charge in [0.1, 0.15) is 12.4 Å². The van der Waals surface area contributed by atoms with Gasteiger partial charge in [-0.1, -0.05) is 34.1 Å². The second kappa shape index (κ2) is 7.69. The first-order valence-electron chi connectivity index (χ1n) is 8.92. The van der Waals surface area contributed by atoms with Crippen LogP contribution in [0.1, 0.15) is 5.56 Å². The van der Waals surface area contributed by atoms with Crippen LogP contribution in [0.2, 0.25) is 0 Å². The lowest BCUT2D eigenvalue weighted by atomic mass is 10.1. The first kappa shape index (κ1) is 19.2. The third kappa shape index (κ3) is 3.72. The van der Waals surface area contributed by atoms with Gasteiger partial charge in [-0.05, 0) is 36.4 Å². The van der Waals surface area contributed by atoms with E-state index in [1.54, 1.807) is 29.2 Å². The molecule has 146 valence electrons. The summed E-state index contributed by atoms with van der Waals surface area (Å²) in [6, 6.07) is 14.2. The minimum absolute atomic E-state index is 0.102. The van der Waals surface area contributed by atoms with Crippen LogP contribution < -0.4 is 4.74 Å². The summed E-state index contributed by atoms with van der Waals surface area (Å²) in [6.45, 7) is 1.48. The second-order valence-corrected chi connectivity index (χ2v) is 9.50. The fourth-order valence-electron chi connectivity index (χ4n) is 3.33. The number of hydrogen-bond acceptors (Lipinski definition) is 4. The number of ether oxygens (including phenoxy) is 1. The molecule has 4 rings (SSSR count). The number of halogens is 1. The molecule has 2 aromatic rings. The highest BCUT2D eigenvalue weighted by atomic mass is 79.9. The number of hydrogen-bond donors (Lipinski definition) is 0. The van der Waals surface area contributed by atoms with E-state index in [2.05, 4.69) is 15.9 Å². The van der Waals surface area contributed by atoms with Crippen LogP contribution in [-0.4, -0.2) is 56.3 Å². The van der Waals surface area contributed by atoms with Crippen molar-refractivity contribution in [3.05, 3.63) is 64.1 Å². The number of sulfonamides is 1. The van der Waals surface area contributed by atoms with Crippen LogP contribution in [0, 0.1) is 0 Å². The van der Waals surface area contributed by atoms with Gasteiger partial charge < -0.3 is 9.64 Å². The summed E-state index contributed by atoms with van der Waals surface area (Å²) in [4.78, 5) is 14.8. The van der Waals surface area contributed by atoms with Crippen LogP contribution in [0.25, 0.3) is 6.08 Å². The lowest BCUT2D eigenvalue weighted by molar-refractivity contribution is -0.128. The first-order valence-corrected chi connectivity index (χ1v) is 11.2. The largest absolute Gasteiger partial charge is 0.488 e. The Morgan fingerprint density at radius 3 is 2.36 bits per heavy atom. The van der Waals surface area contributed by atoms with Crippen molar-refractivity contribution in [3.63, 3.8) is 0 Å². The third-order valence-corrected chi connectivity index (χ3v) is 7.33. The molecule has 0 aromatic heterocycles. The molecule has 6 nitrogen and oxygen atoms in total. The number of amides is 1. The van der Waals surface area contributed by atoms with E-state index in [4.69, 9.17) is 4.74 Å². The molecule has 2 heterocycles. The Hall–Kier alpha value is -2.16. The van der Waals surface area contributed by atoms with Gasteiger partial charge in [0.2, 0.25) is 10.0 Å². The van der Waals surface area contributed by atoms with Gasteiger partial charge in [-0.15, -0.1) is 0 Å². The average Bonchev–Trinajstić information content (AvgIpc) is 2.73. The molecule has 0 bridgehead atoms. The lowest BCUT2D eigenvalue weighted by Gasteiger charge is -2.34. The van der Waals surface area contributed by atoms with Crippen molar-refractivity contribution in [1.29, 1.82) is 0 Å². The van der Waals surface area contributed by atoms with E-state index in [0.717, 1.165) is 15.8 Å². The van der Waals surface area contributed by atoms with E-state index in [-0.39, 0.29) is 30.5 Å². The molecule has 1 amide bonds. The number of para-hydroxylation sites is 1. The molecular formula is C20H19BrN2O4S. The second-order valence-electron chi connectivity index (χ2n) is 6.65. The molecule has 1 saturated heterocycles. The Balaban J connectivity index is 1.44. The number of piperazine rings is 1. The van der Waals surface area contributed by atoms with Crippen LogP contribution in [0.5, 0.6) is 5.75 Å². The van der Waals surface area contributed by atoms with E-state index >= 15 is 0 Å². The fourth-order valence-corrected chi connectivity index (χ4v) is 5.02. The summed E-state index contributed by atoms with van der Waals surface area (Å²) in [5.41, 5.74) is 1.47. The molecule has 0 unspecified atom stereocenters. The van der Waals surface area contributed by atoms with Crippen LogP contribution in [0.4, 0.5) is 0 Å². The van der Waals surface area contributed by atoms with Gasteiger partial charge >= 0.3 is 0 Å². The normalized spacial score (nSPS) is 17.5. The van der Waals surface area contributed by atoms with Gasteiger partial charge in [0.25, 0.3) is 5.91 Å². The van der Waals surface area contributed by atoms with Gasteiger partial charge in [0, 0.05) is 36.2 Å². The maximum absolute atomic E-state index is 12.8. The monoisotopic (exact) mass is 462 g/mol. The Morgan fingerprint density at radius 1 is 0.964 bits per heavy atom. The predicted molar refractivity (Wildman–Crippen MR) is 109 cm³/mol. The number of nitrogens with zero attached hydrogens (tertiary/aromatic N) is 2. The molecule has 28 heavy (non-hydrogen) atoms. The smallest absolute Gasteiger partial charge is 0.253 e.